The van der Waals surface area contributed by atoms with Gasteiger partial charge in [0.25, 0.3) is 5.91 Å². The molecule has 1 aromatic heterocycles. The summed E-state index contributed by atoms with van der Waals surface area (Å²) in [5.41, 5.74) is 0. The number of hydrogen-bond acceptors (Lipinski definition) is 5. The van der Waals surface area contributed by atoms with Crippen LogP contribution in [0.2, 0.25) is 4.47 Å². The SMILES string of the molecule is COCC1CCCN(C(=O)c2nnc(Cl)s2)C1. The van der Waals surface area contributed by atoms with Gasteiger partial charge in [-0.2, -0.15) is 0 Å². The summed E-state index contributed by atoms with van der Waals surface area (Å²) >= 11 is 6.80. The van der Waals surface area contributed by atoms with Crippen LogP contribution in [0.1, 0.15) is 22.6 Å². The van der Waals surface area contributed by atoms with E-state index in [1.807, 2.05) is 4.90 Å². The maximum atomic E-state index is 12.1. The number of carbonyl (C=O) groups excluding carboxylic acids is 1. The van der Waals surface area contributed by atoms with Gasteiger partial charge in [0.2, 0.25) is 9.47 Å². The first-order valence-electron chi connectivity index (χ1n) is 5.48. The van der Waals surface area contributed by atoms with E-state index in [1.165, 1.54) is 0 Å². The van der Waals surface area contributed by atoms with Crippen LogP contribution in [0, 0.1) is 5.92 Å². The van der Waals surface area contributed by atoms with Gasteiger partial charge in [-0.1, -0.05) is 11.3 Å². The Kier molecular flexibility index (Phi) is 4.31. The minimum absolute atomic E-state index is 0.0739. The number of ether oxygens (including phenoxy) is 1. The third kappa shape index (κ3) is 3.14. The highest BCUT2D eigenvalue weighted by Gasteiger charge is 2.26. The second kappa shape index (κ2) is 5.75. The maximum Gasteiger partial charge on any atom is 0.284 e. The van der Waals surface area contributed by atoms with Gasteiger partial charge in [-0.3, -0.25) is 4.79 Å². The third-order valence-corrected chi connectivity index (χ3v) is 3.80. The summed E-state index contributed by atoms with van der Waals surface area (Å²) in [5.74, 6) is 0.344. The lowest BCUT2D eigenvalue weighted by atomic mass is 9.99. The monoisotopic (exact) mass is 275 g/mol. The zero-order valence-corrected chi connectivity index (χ0v) is 11.1. The molecule has 0 bridgehead atoms. The predicted molar refractivity (Wildman–Crippen MR) is 65.4 cm³/mol. The summed E-state index contributed by atoms with van der Waals surface area (Å²) < 4.78 is 5.44. The van der Waals surface area contributed by atoms with Crippen LogP contribution in [-0.4, -0.2) is 47.8 Å². The van der Waals surface area contributed by atoms with Crippen molar-refractivity contribution in [2.75, 3.05) is 26.8 Å². The molecule has 2 heterocycles. The number of halogens is 1. The Morgan fingerprint density at radius 3 is 3.12 bits per heavy atom. The minimum atomic E-state index is -0.0739. The smallest absolute Gasteiger partial charge is 0.284 e. The summed E-state index contributed by atoms with van der Waals surface area (Å²) in [7, 11) is 1.69. The van der Waals surface area contributed by atoms with Crippen molar-refractivity contribution in [2.45, 2.75) is 12.8 Å². The number of likely N-dealkylation sites (tertiary alicyclic amines) is 1. The number of hydrogen-bond donors (Lipinski definition) is 0. The van der Waals surface area contributed by atoms with Crippen molar-refractivity contribution >= 4 is 28.8 Å². The molecule has 7 heteroatoms. The Morgan fingerprint density at radius 2 is 2.47 bits per heavy atom. The van der Waals surface area contributed by atoms with Crippen LogP contribution >= 0.6 is 22.9 Å². The molecule has 1 aliphatic heterocycles. The Morgan fingerprint density at radius 1 is 1.65 bits per heavy atom. The van der Waals surface area contributed by atoms with E-state index < -0.39 is 0 Å². The summed E-state index contributed by atoms with van der Waals surface area (Å²) in [6, 6.07) is 0. The first kappa shape index (κ1) is 12.7. The Bertz CT molecular complexity index is 397. The van der Waals surface area contributed by atoms with Crippen LogP contribution in [0.4, 0.5) is 0 Å². The lowest BCUT2D eigenvalue weighted by Crippen LogP contribution is -2.41. The molecule has 0 N–H and O–H groups in total. The topological polar surface area (TPSA) is 55.3 Å². The average Bonchev–Trinajstić information content (AvgIpc) is 2.76. The molecule has 0 radical (unpaired) electrons. The second-order valence-electron chi connectivity index (χ2n) is 4.07. The molecule has 0 aromatic carbocycles. The van der Waals surface area contributed by atoms with Gasteiger partial charge < -0.3 is 9.64 Å². The molecule has 1 amide bonds. The zero-order valence-electron chi connectivity index (χ0n) is 9.56. The van der Waals surface area contributed by atoms with Crippen LogP contribution in [0.15, 0.2) is 0 Å². The maximum absolute atomic E-state index is 12.1. The minimum Gasteiger partial charge on any atom is -0.384 e. The van der Waals surface area contributed by atoms with E-state index in [1.54, 1.807) is 7.11 Å². The van der Waals surface area contributed by atoms with E-state index in [9.17, 15) is 4.79 Å². The van der Waals surface area contributed by atoms with Gasteiger partial charge in [-0.15, -0.1) is 10.2 Å². The lowest BCUT2D eigenvalue weighted by Gasteiger charge is -2.31. The normalized spacial score (nSPS) is 20.6. The van der Waals surface area contributed by atoms with Crippen molar-refractivity contribution in [3.05, 3.63) is 9.47 Å². The van der Waals surface area contributed by atoms with Gasteiger partial charge in [0.15, 0.2) is 0 Å². The van der Waals surface area contributed by atoms with E-state index >= 15 is 0 Å². The first-order valence-corrected chi connectivity index (χ1v) is 6.67. The number of piperidine rings is 1. The van der Waals surface area contributed by atoms with Gasteiger partial charge in [0, 0.05) is 20.2 Å². The summed E-state index contributed by atoms with van der Waals surface area (Å²) in [5, 5.41) is 7.79. The largest absolute Gasteiger partial charge is 0.384 e. The van der Waals surface area contributed by atoms with E-state index in [2.05, 4.69) is 10.2 Å². The quantitative estimate of drug-likeness (QED) is 0.842. The molecule has 1 unspecified atom stereocenters. The van der Waals surface area contributed by atoms with Gasteiger partial charge in [0.05, 0.1) is 6.61 Å². The predicted octanol–water partition coefficient (Wildman–Crippen LogP) is 1.69. The molecular formula is C10H14ClN3O2S. The molecule has 2 rings (SSSR count). The van der Waals surface area contributed by atoms with Crippen LogP contribution in [-0.2, 0) is 4.74 Å². The molecule has 0 saturated carbocycles. The summed E-state index contributed by atoms with van der Waals surface area (Å²) in [6.07, 6.45) is 2.11. The van der Waals surface area contributed by atoms with Gasteiger partial charge in [-0.25, -0.2) is 0 Å². The fourth-order valence-electron chi connectivity index (χ4n) is 2.05. The molecule has 94 valence electrons. The van der Waals surface area contributed by atoms with Crippen LogP contribution in [0.5, 0.6) is 0 Å². The van der Waals surface area contributed by atoms with Crippen molar-refractivity contribution < 1.29 is 9.53 Å². The fraction of sp³-hybridized carbons (Fsp3) is 0.700. The number of rotatable bonds is 3. The van der Waals surface area contributed by atoms with Crippen molar-refractivity contribution in [1.29, 1.82) is 0 Å². The van der Waals surface area contributed by atoms with E-state index in [4.69, 9.17) is 16.3 Å². The first-order chi connectivity index (χ1) is 8.20. The highest BCUT2D eigenvalue weighted by Crippen LogP contribution is 2.21. The standard InChI is InChI=1S/C10H14ClN3O2S/c1-16-6-7-3-2-4-14(5-7)9(15)8-12-13-10(11)17-8/h7H,2-6H2,1H3. The molecule has 1 aliphatic rings. The molecule has 1 fully saturated rings. The van der Waals surface area contributed by atoms with Gasteiger partial charge in [-0.05, 0) is 30.4 Å². The highest BCUT2D eigenvalue weighted by molar-refractivity contribution is 7.17. The fourth-order valence-corrected chi connectivity index (χ4v) is 2.84. The Hall–Kier alpha value is -0.720. The summed E-state index contributed by atoms with van der Waals surface area (Å²) in [6.45, 7) is 2.20. The molecule has 5 nitrogen and oxygen atoms in total. The lowest BCUT2D eigenvalue weighted by molar-refractivity contribution is 0.0570. The zero-order chi connectivity index (χ0) is 12.3. The average molecular weight is 276 g/mol. The molecule has 1 saturated heterocycles. The van der Waals surface area contributed by atoms with Crippen molar-refractivity contribution in [1.82, 2.24) is 15.1 Å². The van der Waals surface area contributed by atoms with Crippen molar-refractivity contribution in [2.24, 2.45) is 5.92 Å². The molecule has 1 aromatic rings. The highest BCUT2D eigenvalue weighted by atomic mass is 35.5. The van der Waals surface area contributed by atoms with E-state index in [0.717, 1.165) is 37.3 Å². The third-order valence-electron chi connectivity index (χ3n) is 2.79. The summed E-state index contributed by atoms with van der Waals surface area (Å²) in [4.78, 5) is 13.9. The van der Waals surface area contributed by atoms with E-state index in [0.29, 0.717) is 22.0 Å². The molecule has 1 atom stereocenters. The van der Waals surface area contributed by atoms with Crippen molar-refractivity contribution in [3.8, 4) is 0 Å². The van der Waals surface area contributed by atoms with Crippen LogP contribution < -0.4 is 0 Å². The van der Waals surface area contributed by atoms with E-state index in [-0.39, 0.29) is 5.91 Å². The van der Waals surface area contributed by atoms with Gasteiger partial charge in [0.1, 0.15) is 0 Å². The molecule has 0 aliphatic carbocycles. The number of methoxy groups -OCH3 is 1. The molecule has 0 spiro atoms. The number of nitrogens with zero attached hydrogens (tertiary/aromatic N) is 3. The van der Waals surface area contributed by atoms with Crippen LogP contribution in [0.3, 0.4) is 0 Å². The number of amides is 1. The number of aromatic nitrogens is 2. The second-order valence-corrected chi connectivity index (χ2v) is 5.63. The number of carbonyl (C=O) groups is 1. The van der Waals surface area contributed by atoms with Crippen LogP contribution in [0.25, 0.3) is 0 Å². The Labute approximate surface area is 109 Å². The Balaban J connectivity index is 1.99. The molecular weight excluding hydrogens is 262 g/mol. The van der Waals surface area contributed by atoms with Gasteiger partial charge >= 0.3 is 0 Å². The van der Waals surface area contributed by atoms with Crippen molar-refractivity contribution in [3.63, 3.8) is 0 Å². The molecule has 17 heavy (non-hydrogen) atoms.